The number of hydrogen-bond acceptors (Lipinski definition) is 4. The number of rotatable bonds is 3. The summed E-state index contributed by atoms with van der Waals surface area (Å²) in [5.74, 6) is 0.297. The summed E-state index contributed by atoms with van der Waals surface area (Å²) in [5.41, 5.74) is 4.30. The van der Waals surface area contributed by atoms with E-state index in [4.69, 9.17) is 4.42 Å². The highest BCUT2D eigenvalue weighted by atomic mass is 79.9. The second-order valence-electron chi connectivity index (χ2n) is 4.67. The summed E-state index contributed by atoms with van der Waals surface area (Å²) in [6.45, 7) is 1.77. The number of carbonyl (C=O) groups excluding carboxylic acids is 1. The van der Waals surface area contributed by atoms with E-state index in [2.05, 4.69) is 31.4 Å². The summed E-state index contributed by atoms with van der Waals surface area (Å²) in [6.07, 6.45) is 3.09. The smallest absolute Gasteiger partial charge is 0.272 e. The van der Waals surface area contributed by atoms with Crippen LogP contribution < -0.4 is 5.43 Å². The first-order valence-electron chi connectivity index (χ1n) is 6.57. The van der Waals surface area contributed by atoms with Crippen LogP contribution in [0.25, 0.3) is 11.0 Å². The number of amides is 1. The molecule has 0 spiro atoms. The molecule has 0 fully saturated rings. The van der Waals surface area contributed by atoms with Crippen molar-refractivity contribution in [2.24, 2.45) is 5.10 Å². The molecule has 22 heavy (non-hydrogen) atoms. The first-order valence-corrected chi connectivity index (χ1v) is 7.37. The van der Waals surface area contributed by atoms with Crippen molar-refractivity contribution in [1.82, 2.24) is 10.4 Å². The van der Waals surface area contributed by atoms with Gasteiger partial charge in [0.25, 0.3) is 5.91 Å². The summed E-state index contributed by atoms with van der Waals surface area (Å²) in [6, 6.07) is 11.0. The number of fused-ring (bicyclic) bond motifs is 1. The van der Waals surface area contributed by atoms with Crippen LogP contribution in [-0.2, 0) is 0 Å². The van der Waals surface area contributed by atoms with Crippen LogP contribution in [0.15, 0.2) is 62.8 Å². The first kappa shape index (κ1) is 14.5. The Bertz CT molecular complexity index is 856. The Morgan fingerprint density at radius 1 is 1.32 bits per heavy atom. The van der Waals surface area contributed by atoms with Crippen molar-refractivity contribution < 1.29 is 9.21 Å². The molecule has 0 unspecified atom stereocenters. The van der Waals surface area contributed by atoms with Crippen LogP contribution in [-0.4, -0.2) is 16.6 Å². The molecule has 1 N–H and O–H groups in total. The Balaban J connectivity index is 1.80. The standard InChI is InChI=1S/C16H12BrN3O2/c1-10(19-20-16(21)11-3-2-6-18-9-11)15-8-12-7-13(17)4-5-14(12)22-15/h2-9H,1H3,(H,20,21)/b19-10-. The molecule has 5 nitrogen and oxygen atoms in total. The van der Waals surface area contributed by atoms with Gasteiger partial charge >= 0.3 is 0 Å². The molecular formula is C16H12BrN3O2. The molecule has 0 radical (unpaired) electrons. The van der Waals surface area contributed by atoms with Crippen molar-refractivity contribution >= 4 is 38.5 Å². The Kier molecular flexibility index (Phi) is 4.02. The van der Waals surface area contributed by atoms with E-state index >= 15 is 0 Å². The third-order valence-electron chi connectivity index (χ3n) is 3.08. The quantitative estimate of drug-likeness (QED) is 0.573. The van der Waals surface area contributed by atoms with Crippen LogP contribution in [0.4, 0.5) is 0 Å². The molecule has 3 aromatic rings. The van der Waals surface area contributed by atoms with Crippen molar-refractivity contribution in [2.75, 3.05) is 0 Å². The zero-order chi connectivity index (χ0) is 15.5. The van der Waals surface area contributed by atoms with Crippen molar-refractivity contribution in [3.05, 3.63) is 64.6 Å². The van der Waals surface area contributed by atoms with Gasteiger partial charge in [-0.2, -0.15) is 5.10 Å². The Labute approximate surface area is 135 Å². The summed E-state index contributed by atoms with van der Waals surface area (Å²) >= 11 is 3.42. The molecule has 0 saturated heterocycles. The Morgan fingerprint density at radius 2 is 2.18 bits per heavy atom. The molecule has 3 rings (SSSR count). The number of hydrazone groups is 1. The van der Waals surface area contributed by atoms with E-state index in [-0.39, 0.29) is 5.91 Å². The fourth-order valence-corrected chi connectivity index (χ4v) is 2.32. The van der Waals surface area contributed by atoms with E-state index in [1.165, 1.54) is 6.20 Å². The highest BCUT2D eigenvalue weighted by Crippen LogP contribution is 2.23. The van der Waals surface area contributed by atoms with Gasteiger partial charge in [-0.15, -0.1) is 0 Å². The molecule has 1 aromatic carbocycles. The zero-order valence-electron chi connectivity index (χ0n) is 11.7. The van der Waals surface area contributed by atoms with E-state index in [0.717, 1.165) is 15.4 Å². The lowest BCUT2D eigenvalue weighted by atomic mass is 10.2. The van der Waals surface area contributed by atoms with Gasteiger partial charge in [0, 0.05) is 22.3 Å². The lowest BCUT2D eigenvalue weighted by Crippen LogP contribution is -2.19. The molecule has 1 amide bonds. The lowest BCUT2D eigenvalue weighted by molar-refractivity contribution is 0.0954. The van der Waals surface area contributed by atoms with Crippen molar-refractivity contribution in [1.29, 1.82) is 0 Å². The van der Waals surface area contributed by atoms with Crippen LogP contribution in [0.2, 0.25) is 0 Å². The van der Waals surface area contributed by atoms with Gasteiger partial charge in [0.1, 0.15) is 11.3 Å². The van der Waals surface area contributed by atoms with Gasteiger partial charge in [-0.1, -0.05) is 15.9 Å². The van der Waals surface area contributed by atoms with Gasteiger partial charge in [-0.05, 0) is 43.3 Å². The summed E-state index contributed by atoms with van der Waals surface area (Å²) in [5, 5.41) is 5.04. The maximum atomic E-state index is 11.9. The van der Waals surface area contributed by atoms with E-state index < -0.39 is 0 Å². The van der Waals surface area contributed by atoms with E-state index in [1.54, 1.807) is 25.3 Å². The predicted octanol–water partition coefficient (Wildman–Crippen LogP) is 3.74. The molecule has 0 bridgehead atoms. The highest BCUT2D eigenvalue weighted by Gasteiger charge is 2.08. The fraction of sp³-hybridized carbons (Fsp3) is 0.0625. The van der Waals surface area contributed by atoms with Crippen LogP contribution >= 0.6 is 15.9 Å². The Morgan fingerprint density at radius 3 is 2.95 bits per heavy atom. The molecule has 6 heteroatoms. The zero-order valence-corrected chi connectivity index (χ0v) is 13.3. The maximum absolute atomic E-state index is 11.9. The van der Waals surface area contributed by atoms with E-state index in [1.807, 2.05) is 24.3 Å². The monoisotopic (exact) mass is 357 g/mol. The SMILES string of the molecule is C/C(=N/NC(=O)c1cccnc1)c1cc2cc(Br)ccc2o1. The fourth-order valence-electron chi connectivity index (χ4n) is 1.94. The number of nitrogens with zero attached hydrogens (tertiary/aromatic N) is 2. The topological polar surface area (TPSA) is 67.5 Å². The van der Waals surface area contributed by atoms with Gasteiger partial charge in [-0.3, -0.25) is 9.78 Å². The van der Waals surface area contributed by atoms with Crippen molar-refractivity contribution in [2.45, 2.75) is 6.92 Å². The summed E-state index contributed by atoms with van der Waals surface area (Å²) < 4.78 is 6.69. The average Bonchev–Trinajstić information content (AvgIpc) is 2.96. The number of hydrogen-bond donors (Lipinski definition) is 1. The van der Waals surface area contributed by atoms with Crippen LogP contribution in [0.5, 0.6) is 0 Å². The largest absolute Gasteiger partial charge is 0.455 e. The average molecular weight is 358 g/mol. The minimum atomic E-state index is -0.314. The molecule has 0 saturated carbocycles. The van der Waals surface area contributed by atoms with Gasteiger partial charge in [0.05, 0.1) is 5.56 Å². The van der Waals surface area contributed by atoms with Crippen LogP contribution in [0, 0.1) is 0 Å². The number of benzene rings is 1. The van der Waals surface area contributed by atoms with Crippen LogP contribution in [0.3, 0.4) is 0 Å². The first-order chi connectivity index (χ1) is 10.6. The molecular weight excluding hydrogens is 346 g/mol. The van der Waals surface area contributed by atoms with Crippen LogP contribution in [0.1, 0.15) is 23.0 Å². The number of halogens is 1. The number of nitrogens with one attached hydrogen (secondary N) is 1. The van der Waals surface area contributed by atoms with Gasteiger partial charge in [-0.25, -0.2) is 5.43 Å². The molecule has 0 aliphatic carbocycles. The minimum Gasteiger partial charge on any atom is -0.455 e. The van der Waals surface area contributed by atoms with Gasteiger partial charge in [0.2, 0.25) is 0 Å². The lowest BCUT2D eigenvalue weighted by Gasteiger charge is -2.00. The second-order valence-corrected chi connectivity index (χ2v) is 5.59. The predicted molar refractivity (Wildman–Crippen MR) is 87.8 cm³/mol. The molecule has 0 atom stereocenters. The minimum absolute atomic E-state index is 0.314. The molecule has 2 heterocycles. The van der Waals surface area contributed by atoms with Gasteiger partial charge in [0.15, 0.2) is 5.76 Å². The molecule has 0 aliphatic rings. The molecule has 0 aliphatic heterocycles. The molecule has 2 aromatic heterocycles. The summed E-state index contributed by atoms with van der Waals surface area (Å²) in [4.78, 5) is 15.8. The normalized spacial score (nSPS) is 11.6. The maximum Gasteiger partial charge on any atom is 0.272 e. The number of carbonyl (C=O) groups is 1. The third kappa shape index (κ3) is 3.07. The number of furan rings is 1. The number of pyridine rings is 1. The van der Waals surface area contributed by atoms with E-state index in [9.17, 15) is 4.79 Å². The summed E-state index contributed by atoms with van der Waals surface area (Å²) in [7, 11) is 0. The Hall–Kier alpha value is -2.47. The second kappa shape index (κ2) is 6.11. The van der Waals surface area contributed by atoms with E-state index in [0.29, 0.717) is 17.0 Å². The van der Waals surface area contributed by atoms with Crippen molar-refractivity contribution in [3.8, 4) is 0 Å². The number of aromatic nitrogens is 1. The van der Waals surface area contributed by atoms with Crippen molar-refractivity contribution in [3.63, 3.8) is 0 Å². The third-order valence-corrected chi connectivity index (χ3v) is 3.58. The highest BCUT2D eigenvalue weighted by molar-refractivity contribution is 9.10. The molecule has 110 valence electrons. The van der Waals surface area contributed by atoms with Gasteiger partial charge < -0.3 is 4.42 Å².